The summed E-state index contributed by atoms with van der Waals surface area (Å²) in [5.41, 5.74) is 5.14. The number of nitrogens with two attached hydrogens (primary N) is 1. The van der Waals surface area contributed by atoms with Gasteiger partial charge in [-0.05, 0) is 6.92 Å². The van der Waals surface area contributed by atoms with E-state index in [9.17, 15) is 15.0 Å². The zero-order valence-electron chi connectivity index (χ0n) is 10.7. The van der Waals surface area contributed by atoms with Gasteiger partial charge < -0.3 is 25.8 Å². The van der Waals surface area contributed by atoms with Crippen molar-refractivity contribution >= 4 is 5.82 Å². The van der Waals surface area contributed by atoms with Gasteiger partial charge >= 0.3 is 5.69 Å². The van der Waals surface area contributed by atoms with Gasteiger partial charge in [0.05, 0.1) is 12.2 Å². The number of ether oxygens (including phenoxy) is 1. The third kappa shape index (κ3) is 2.39. The first-order chi connectivity index (χ1) is 9.49. The van der Waals surface area contributed by atoms with Gasteiger partial charge in [0.15, 0.2) is 6.23 Å². The van der Waals surface area contributed by atoms with Crippen LogP contribution in [0.15, 0.2) is 11.0 Å². The largest absolute Gasteiger partial charge is 0.394 e. The summed E-state index contributed by atoms with van der Waals surface area (Å²) in [7, 11) is 0. The van der Waals surface area contributed by atoms with Crippen LogP contribution < -0.4 is 11.4 Å². The summed E-state index contributed by atoms with van der Waals surface area (Å²) in [5, 5.41) is 28.6. The molecule has 0 spiro atoms. The highest BCUT2D eigenvalue weighted by Crippen LogP contribution is 2.28. The van der Waals surface area contributed by atoms with Crippen molar-refractivity contribution in [3.8, 4) is 11.8 Å². The van der Waals surface area contributed by atoms with Crippen LogP contribution in [0.1, 0.15) is 18.7 Å². The molecule has 1 aromatic heterocycles. The molecule has 108 valence electrons. The maximum Gasteiger partial charge on any atom is 0.351 e. The molecular formula is C12H15N3O5. The van der Waals surface area contributed by atoms with Crippen molar-refractivity contribution in [1.82, 2.24) is 9.55 Å². The van der Waals surface area contributed by atoms with E-state index < -0.39 is 36.8 Å². The summed E-state index contributed by atoms with van der Waals surface area (Å²) >= 11 is 0. The van der Waals surface area contributed by atoms with E-state index in [0.717, 1.165) is 4.57 Å². The van der Waals surface area contributed by atoms with Crippen molar-refractivity contribution in [2.45, 2.75) is 31.5 Å². The van der Waals surface area contributed by atoms with Crippen LogP contribution in [0, 0.1) is 11.8 Å². The molecule has 0 radical (unpaired) electrons. The lowest BCUT2D eigenvalue weighted by molar-refractivity contribution is -0.0549. The summed E-state index contributed by atoms with van der Waals surface area (Å²) < 4.78 is 6.26. The van der Waals surface area contributed by atoms with Crippen molar-refractivity contribution in [3.63, 3.8) is 0 Å². The molecule has 0 aliphatic carbocycles. The Balaban J connectivity index is 2.45. The minimum Gasteiger partial charge on any atom is -0.394 e. The van der Waals surface area contributed by atoms with E-state index in [2.05, 4.69) is 16.8 Å². The number of aromatic nitrogens is 2. The van der Waals surface area contributed by atoms with Gasteiger partial charge in [0.2, 0.25) is 0 Å². The van der Waals surface area contributed by atoms with Crippen molar-refractivity contribution < 1.29 is 20.1 Å². The molecule has 2 heterocycles. The van der Waals surface area contributed by atoms with Gasteiger partial charge in [-0.1, -0.05) is 5.92 Å². The Hall–Kier alpha value is -1.92. The van der Waals surface area contributed by atoms with Crippen molar-refractivity contribution in [1.29, 1.82) is 0 Å². The third-order valence-electron chi connectivity index (χ3n) is 3.03. The molecule has 1 saturated heterocycles. The minimum atomic E-state index is -1.36. The number of hydrogen-bond acceptors (Lipinski definition) is 7. The molecule has 0 saturated carbocycles. The van der Waals surface area contributed by atoms with E-state index >= 15 is 0 Å². The average molecular weight is 281 g/mol. The molecule has 0 bridgehead atoms. The van der Waals surface area contributed by atoms with Crippen LogP contribution in [0.5, 0.6) is 0 Å². The van der Waals surface area contributed by atoms with Gasteiger partial charge in [0, 0.05) is 6.20 Å². The lowest BCUT2D eigenvalue weighted by atomic mass is 10.1. The highest BCUT2D eigenvalue weighted by molar-refractivity contribution is 5.48. The van der Waals surface area contributed by atoms with Crippen LogP contribution in [0.4, 0.5) is 5.82 Å². The molecule has 1 aliphatic rings. The van der Waals surface area contributed by atoms with Gasteiger partial charge in [0.1, 0.15) is 24.1 Å². The van der Waals surface area contributed by atoms with Gasteiger partial charge in [-0.15, -0.1) is 5.92 Å². The monoisotopic (exact) mass is 281 g/mol. The van der Waals surface area contributed by atoms with E-state index in [1.807, 2.05) is 0 Å². The Kier molecular flexibility index (Phi) is 4.06. The van der Waals surface area contributed by atoms with Crippen LogP contribution in [0.3, 0.4) is 0 Å². The average Bonchev–Trinajstić information content (AvgIpc) is 2.70. The number of anilines is 1. The second-order valence-electron chi connectivity index (χ2n) is 4.33. The Morgan fingerprint density at radius 3 is 2.75 bits per heavy atom. The molecule has 4 atom stereocenters. The smallest absolute Gasteiger partial charge is 0.351 e. The number of aliphatic hydroxyl groups excluding tert-OH is 3. The van der Waals surface area contributed by atoms with Crippen LogP contribution in [0.25, 0.3) is 0 Å². The van der Waals surface area contributed by atoms with Gasteiger partial charge in [0.25, 0.3) is 0 Å². The maximum absolute atomic E-state index is 11.8. The standard InChI is InChI=1S/C12H15N3O5/c1-2-3-6-4-15(12(19)14-10(6)13)11-9(18)8(17)7(5-16)20-11/h4,7-9,11,16-18H,5H2,1H3,(H2,13,14,19)/t7-,8-,9+,11?/m1/s1. The highest BCUT2D eigenvalue weighted by atomic mass is 16.6. The number of rotatable bonds is 2. The number of nitrogen functional groups attached to an aromatic ring is 1. The van der Waals surface area contributed by atoms with Gasteiger partial charge in [-0.25, -0.2) is 4.79 Å². The Morgan fingerprint density at radius 1 is 1.50 bits per heavy atom. The van der Waals surface area contributed by atoms with Gasteiger partial charge in [-0.3, -0.25) is 4.57 Å². The lowest BCUT2D eigenvalue weighted by Gasteiger charge is -2.17. The summed E-state index contributed by atoms with van der Waals surface area (Å²) in [4.78, 5) is 15.4. The second kappa shape index (κ2) is 5.60. The van der Waals surface area contributed by atoms with E-state index in [1.54, 1.807) is 6.92 Å². The van der Waals surface area contributed by atoms with Crippen LogP contribution in [-0.4, -0.2) is 49.8 Å². The zero-order chi connectivity index (χ0) is 14.9. The van der Waals surface area contributed by atoms with Crippen molar-refractivity contribution in [2.24, 2.45) is 0 Å². The Morgan fingerprint density at radius 2 is 2.20 bits per heavy atom. The van der Waals surface area contributed by atoms with E-state index in [4.69, 9.17) is 15.6 Å². The molecule has 2 rings (SSSR count). The fourth-order valence-electron chi connectivity index (χ4n) is 2.00. The van der Waals surface area contributed by atoms with E-state index in [1.165, 1.54) is 6.20 Å². The highest BCUT2D eigenvalue weighted by Gasteiger charge is 2.43. The van der Waals surface area contributed by atoms with Crippen molar-refractivity contribution in [2.75, 3.05) is 12.3 Å². The lowest BCUT2D eigenvalue weighted by Crippen LogP contribution is -2.36. The first kappa shape index (κ1) is 14.5. The number of aliphatic hydroxyl groups is 3. The van der Waals surface area contributed by atoms with Crippen molar-refractivity contribution in [3.05, 3.63) is 22.2 Å². The van der Waals surface area contributed by atoms with Crippen LogP contribution >= 0.6 is 0 Å². The summed E-state index contributed by atoms with van der Waals surface area (Å²) in [6.07, 6.45) is -3.48. The molecule has 8 heteroatoms. The molecule has 8 nitrogen and oxygen atoms in total. The number of hydrogen-bond donors (Lipinski definition) is 4. The Bertz CT molecular complexity index is 618. The Labute approximate surface area is 114 Å². The number of nitrogens with zero attached hydrogens (tertiary/aromatic N) is 2. The maximum atomic E-state index is 11.8. The fraction of sp³-hybridized carbons (Fsp3) is 0.500. The van der Waals surface area contributed by atoms with Gasteiger partial charge in [-0.2, -0.15) is 4.98 Å². The molecule has 1 aliphatic heterocycles. The topological polar surface area (TPSA) is 131 Å². The molecular weight excluding hydrogens is 266 g/mol. The third-order valence-corrected chi connectivity index (χ3v) is 3.03. The molecule has 0 amide bonds. The molecule has 1 unspecified atom stereocenters. The predicted octanol–water partition coefficient (Wildman–Crippen LogP) is -2.19. The second-order valence-corrected chi connectivity index (χ2v) is 4.33. The molecule has 1 fully saturated rings. The summed E-state index contributed by atoms with van der Waals surface area (Å²) in [5.74, 6) is 5.27. The minimum absolute atomic E-state index is 0.0210. The normalized spacial score (nSPS) is 29.0. The van der Waals surface area contributed by atoms with Crippen LogP contribution in [0.2, 0.25) is 0 Å². The molecule has 1 aromatic rings. The summed E-state index contributed by atoms with van der Waals surface area (Å²) in [6.45, 7) is 1.12. The quantitative estimate of drug-likeness (QED) is 0.453. The fourth-order valence-corrected chi connectivity index (χ4v) is 2.00. The first-order valence-corrected chi connectivity index (χ1v) is 5.93. The van der Waals surface area contributed by atoms with E-state index in [-0.39, 0.29) is 5.82 Å². The zero-order valence-corrected chi connectivity index (χ0v) is 10.7. The predicted molar refractivity (Wildman–Crippen MR) is 68.5 cm³/mol. The molecule has 20 heavy (non-hydrogen) atoms. The molecule has 5 N–H and O–H groups in total. The molecule has 0 aromatic carbocycles. The first-order valence-electron chi connectivity index (χ1n) is 5.93. The SMILES string of the molecule is CC#Cc1cn(C2O[C@H](CO)[C@@H](O)[C@@H]2O)c(=O)nc1N. The van der Waals surface area contributed by atoms with Crippen LogP contribution in [-0.2, 0) is 4.74 Å². The summed E-state index contributed by atoms with van der Waals surface area (Å²) in [6, 6.07) is 0. The van der Waals surface area contributed by atoms with E-state index in [0.29, 0.717) is 5.56 Å².